The van der Waals surface area contributed by atoms with E-state index in [1.54, 1.807) is 16.9 Å². The van der Waals surface area contributed by atoms with Crippen LogP contribution in [0.1, 0.15) is 9.67 Å². The van der Waals surface area contributed by atoms with Crippen molar-refractivity contribution < 1.29 is 4.79 Å². The molecule has 128 valence electrons. The number of hydrogen-bond acceptors (Lipinski definition) is 4. The molecule has 0 atom stereocenters. The summed E-state index contributed by atoms with van der Waals surface area (Å²) < 4.78 is 1.65. The Bertz CT molecular complexity index is 1040. The molecular weight excluding hydrogens is 344 g/mol. The number of carbonyl (C=O) groups is 1. The van der Waals surface area contributed by atoms with Crippen molar-refractivity contribution >= 4 is 23.1 Å². The number of aryl methyl sites for hydroxylation is 1. The highest BCUT2D eigenvalue weighted by molar-refractivity contribution is 7.17. The third-order valence-electron chi connectivity index (χ3n) is 3.86. The van der Waals surface area contributed by atoms with Gasteiger partial charge in [-0.1, -0.05) is 60.7 Å². The fraction of sp³-hybridized carbons (Fsp3) is 0.0500. The summed E-state index contributed by atoms with van der Waals surface area (Å²) in [6, 6.07) is 21.4. The largest absolute Gasteiger partial charge is 0.304 e. The molecule has 4 rings (SSSR count). The summed E-state index contributed by atoms with van der Waals surface area (Å²) >= 11 is 1.38. The average molecular weight is 360 g/mol. The molecule has 1 amide bonds. The maximum Gasteiger partial charge on any atom is 0.269 e. The Kier molecular flexibility index (Phi) is 4.33. The lowest BCUT2D eigenvalue weighted by Crippen LogP contribution is -2.12. The van der Waals surface area contributed by atoms with E-state index in [9.17, 15) is 4.79 Å². The maximum atomic E-state index is 12.9. The molecule has 0 saturated heterocycles. The van der Waals surface area contributed by atoms with Crippen LogP contribution in [0.2, 0.25) is 0 Å². The smallest absolute Gasteiger partial charge is 0.269 e. The lowest BCUT2D eigenvalue weighted by molar-refractivity contribution is 0.103. The number of carbonyl (C=O) groups excluding carboxylic acids is 1. The molecule has 0 aliphatic carbocycles. The lowest BCUT2D eigenvalue weighted by atomic mass is 10.1. The van der Waals surface area contributed by atoms with Gasteiger partial charge in [-0.2, -0.15) is 5.10 Å². The van der Waals surface area contributed by atoms with Crippen molar-refractivity contribution in [1.82, 2.24) is 14.8 Å². The Morgan fingerprint density at radius 3 is 2.23 bits per heavy atom. The van der Waals surface area contributed by atoms with Gasteiger partial charge >= 0.3 is 0 Å². The van der Waals surface area contributed by atoms with Gasteiger partial charge in [0.15, 0.2) is 5.82 Å². The van der Waals surface area contributed by atoms with Gasteiger partial charge in [0.25, 0.3) is 5.91 Å². The fourth-order valence-electron chi connectivity index (χ4n) is 2.62. The van der Waals surface area contributed by atoms with Crippen LogP contribution in [-0.2, 0) is 7.05 Å². The molecular formula is C20H16N4OS. The van der Waals surface area contributed by atoms with Gasteiger partial charge in [-0.05, 0) is 0 Å². The van der Waals surface area contributed by atoms with Crippen LogP contribution < -0.4 is 5.32 Å². The topological polar surface area (TPSA) is 59.8 Å². The summed E-state index contributed by atoms with van der Waals surface area (Å²) in [6.45, 7) is 0. The number of hydrogen-bond donors (Lipinski definition) is 1. The molecule has 4 aromatic rings. The van der Waals surface area contributed by atoms with Gasteiger partial charge in [-0.25, -0.2) is 4.98 Å². The van der Waals surface area contributed by atoms with Gasteiger partial charge in [0, 0.05) is 30.4 Å². The monoisotopic (exact) mass is 360 g/mol. The van der Waals surface area contributed by atoms with E-state index in [1.165, 1.54) is 11.3 Å². The third-order valence-corrected chi connectivity index (χ3v) is 4.96. The molecule has 0 spiro atoms. The van der Waals surface area contributed by atoms with E-state index in [-0.39, 0.29) is 5.91 Å². The van der Waals surface area contributed by atoms with Gasteiger partial charge in [-0.15, -0.1) is 11.3 Å². The van der Waals surface area contributed by atoms with Crippen molar-refractivity contribution in [2.24, 2.45) is 7.05 Å². The number of anilines is 1. The zero-order valence-electron chi connectivity index (χ0n) is 14.1. The first kappa shape index (κ1) is 16.2. The second-order valence-electron chi connectivity index (χ2n) is 5.76. The Labute approximate surface area is 155 Å². The molecule has 1 N–H and O–H groups in total. The van der Waals surface area contributed by atoms with Crippen molar-refractivity contribution in [3.8, 4) is 21.8 Å². The van der Waals surface area contributed by atoms with Crippen LogP contribution in [0.5, 0.6) is 0 Å². The first-order chi connectivity index (χ1) is 12.7. The molecule has 26 heavy (non-hydrogen) atoms. The van der Waals surface area contributed by atoms with E-state index in [2.05, 4.69) is 10.4 Å². The quantitative estimate of drug-likeness (QED) is 0.584. The van der Waals surface area contributed by atoms with Gasteiger partial charge < -0.3 is 5.32 Å². The standard InChI is InChI=1S/C20H16N4OS/c1-24-13-12-16(23-24)21-19(25)18-17(14-8-4-2-5-9-14)22-20(26-18)15-10-6-3-7-11-15/h2-13H,1H3,(H,21,23,25). The number of thiazole rings is 1. The number of rotatable bonds is 4. The molecule has 0 unspecified atom stereocenters. The minimum atomic E-state index is -0.206. The number of nitrogens with zero attached hydrogens (tertiary/aromatic N) is 3. The molecule has 0 saturated carbocycles. The van der Waals surface area contributed by atoms with E-state index in [4.69, 9.17) is 4.98 Å². The predicted octanol–water partition coefficient (Wildman–Crippen LogP) is 4.46. The molecule has 0 bridgehead atoms. The number of nitrogens with one attached hydrogen (secondary N) is 1. The Morgan fingerprint density at radius 1 is 0.962 bits per heavy atom. The first-order valence-corrected chi connectivity index (χ1v) is 8.95. The number of amides is 1. The Hall–Kier alpha value is -3.25. The van der Waals surface area contributed by atoms with Crippen molar-refractivity contribution in [3.05, 3.63) is 77.8 Å². The molecule has 2 aromatic carbocycles. The normalized spacial score (nSPS) is 10.7. The SMILES string of the molecule is Cn1ccc(NC(=O)c2sc(-c3ccccc3)nc2-c2ccccc2)n1. The highest BCUT2D eigenvalue weighted by atomic mass is 32.1. The van der Waals surface area contributed by atoms with Crippen molar-refractivity contribution in [2.45, 2.75) is 0 Å². The third kappa shape index (κ3) is 3.27. The minimum Gasteiger partial charge on any atom is -0.304 e. The summed E-state index contributed by atoms with van der Waals surface area (Å²) in [6.07, 6.45) is 1.79. The van der Waals surface area contributed by atoms with Crippen molar-refractivity contribution in [2.75, 3.05) is 5.32 Å². The van der Waals surface area contributed by atoms with Crippen LogP contribution in [0.15, 0.2) is 72.9 Å². The van der Waals surface area contributed by atoms with Crippen LogP contribution in [0.25, 0.3) is 21.8 Å². The van der Waals surface area contributed by atoms with Gasteiger partial charge in [-0.3, -0.25) is 9.48 Å². The summed E-state index contributed by atoms with van der Waals surface area (Å²) in [7, 11) is 1.81. The minimum absolute atomic E-state index is 0.206. The first-order valence-electron chi connectivity index (χ1n) is 8.13. The second kappa shape index (κ2) is 6.93. The van der Waals surface area contributed by atoms with Gasteiger partial charge in [0.05, 0.1) is 5.69 Å². The molecule has 5 nitrogen and oxygen atoms in total. The average Bonchev–Trinajstić information content (AvgIpc) is 3.30. The van der Waals surface area contributed by atoms with Crippen LogP contribution in [0, 0.1) is 0 Å². The zero-order chi connectivity index (χ0) is 17.9. The Balaban J connectivity index is 1.76. The van der Waals surface area contributed by atoms with E-state index in [1.807, 2.05) is 67.7 Å². The highest BCUT2D eigenvalue weighted by Gasteiger charge is 2.20. The number of aromatic nitrogens is 3. The molecule has 6 heteroatoms. The van der Waals surface area contributed by atoms with Gasteiger partial charge in [0.2, 0.25) is 0 Å². The van der Waals surface area contributed by atoms with Crippen molar-refractivity contribution in [3.63, 3.8) is 0 Å². The maximum absolute atomic E-state index is 12.9. The summed E-state index contributed by atoms with van der Waals surface area (Å²) in [5, 5.41) is 7.88. The van der Waals surface area contributed by atoms with Crippen LogP contribution in [0.4, 0.5) is 5.82 Å². The zero-order valence-corrected chi connectivity index (χ0v) is 14.9. The summed E-state index contributed by atoms with van der Waals surface area (Å²) in [5.41, 5.74) is 2.59. The van der Waals surface area contributed by atoms with Crippen molar-refractivity contribution in [1.29, 1.82) is 0 Å². The van der Waals surface area contributed by atoms with Crippen LogP contribution >= 0.6 is 11.3 Å². The van der Waals surface area contributed by atoms with E-state index < -0.39 is 0 Å². The lowest BCUT2D eigenvalue weighted by Gasteiger charge is -2.02. The molecule has 0 radical (unpaired) electrons. The summed E-state index contributed by atoms with van der Waals surface area (Å²) in [4.78, 5) is 18.2. The molecule has 0 fully saturated rings. The predicted molar refractivity (Wildman–Crippen MR) is 104 cm³/mol. The molecule has 0 aliphatic heterocycles. The highest BCUT2D eigenvalue weighted by Crippen LogP contribution is 2.34. The second-order valence-corrected chi connectivity index (χ2v) is 6.76. The summed E-state index contributed by atoms with van der Waals surface area (Å²) in [5.74, 6) is 0.313. The van der Waals surface area contributed by atoms with Crippen LogP contribution in [0.3, 0.4) is 0 Å². The van der Waals surface area contributed by atoms with E-state index in [0.717, 1.165) is 16.1 Å². The van der Waals surface area contributed by atoms with E-state index >= 15 is 0 Å². The number of benzene rings is 2. The molecule has 2 heterocycles. The van der Waals surface area contributed by atoms with Crippen LogP contribution in [-0.4, -0.2) is 20.7 Å². The van der Waals surface area contributed by atoms with Gasteiger partial charge in [0.1, 0.15) is 9.88 Å². The molecule has 0 aliphatic rings. The van der Waals surface area contributed by atoms with E-state index in [0.29, 0.717) is 16.4 Å². The fourth-order valence-corrected chi connectivity index (χ4v) is 3.61. The molecule has 2 aromatic heterocycles. The Morgan fingerprint density at radius 2 is 1.62 bits per heavy atom.